The van der Waals surface area contributed by atoms with E-state index in [0.29, 0.717) is 17.1 Å². The largest absolute Gasteiger partial charge is 0.543 e. The van der Waals surface area contributed by atoms with Crippen molar-refractivity contribution in [1.29, 1.82) is 0 Å². The maximum atomic E-state index is 13.4. The quantitative estimate of drug-likeness (QED) is 0.220. The van der Waals surface area contributed by atoms with Gasteiger partial charge in [0.25, 0.3) is 8.32 Å². The predicted molar refractivity (Wildman–Crippen MR) is 111 cm³/mol. The average Bonchev–Trinajstić information content (AvgIpc) is 2.64. The molecule has 0 saturated carbocycles. The number of hydrogen-bond donors (Lipinski definition) is 0. The molecule has 0 unspecified atom stereocenters. The fourth-order valence-corrected chi connectivity index (χ4v) is 5.60. The number of rotatable bonds is 8. The van der Waals surface area contributed by atoms with Gasteiger partial charge in [0.15, 0.2) is 0 Å². The minimum atomic E-state index is -1.97. The van der Waals surface area contributed by atoms with Crippen LogP contribution in [0.4, 0.5) is 8.78 Å². The van der Waals surface area contributed by atoms with Crippen molar-refractivity contribution in [1.82, 2.24) is 0 Å². The van der Waals surface area contributed by atoms with Gasteiger partial charge in [-0.15, -0.1) is 0 Å². The molecule has 0 radical (unpaired) electrons. The number of carbonyl (C=O) groups is 1. The molecule has 0 spiro atoms. The lowest BCUT2D eigenvalue weighted by Gasteiger charge is -2.30. The molecule has 28 heavy (non-hydrogen) atoms. The molecule has 0 aromatic heterocycles. The van der Waals surface area contributed by atoms with Gasteiger partial charge in [0.1, 0.15) is 23.1 Å². The first-order valence-corrected chi connectivity index (χ1v) is 12.0. The molecule has 0 bridgehead atoms. The fourth-order valence-electron chi connectivity index (χ4n) is 3.03. The van der Waals surface area contributed by atoms with E-state index in [1.54, 1.807) is 30.4 Å². The topological polar surface area (TPSA) is 35.5 Å². The molecule has 0 aliphatic rings. The summed E-state index contributed by atoms with van der Waals surface area (Å²) in [4.78, 5) is 11.3. The van der Waals surface area contributed by atoms with Crippen LogP contribution in [-0.2, 0) is 4.79 Å². The van der Waals surface area contributed by atoms with Gasteiger partial charge < -0.3 is 9.16 Å². The Balaban J connectivity index is 2.43. The van der Waals surface area contributed by atoms with E-state index in [-0.39, 0.29) is 0 Å². The van der Waals surface area contributed by atoms with Gasteiger partial charge in [0.05, 0.1) is 0 Å². The zero-order chi connectivity index (χ0) is 20.7. The Hall–Kier alpha value is -2.47. The standard InChI is InChI=1S/C22H26F2O3Si/c1-5-28(6-2,7-3)27-22-15-21(26-16(4)25)11-10-18(22)9-8-17-12-19(23)14-20(24)13-17/h8-15H,5-7H2,1-4H3. The molecule has 0 aliphatic heterocycles. The van der Waals surface area contributed by atoms with E-state index in [0.717, 1.165) is 29.8 Å². The highest BCUT2D eigenvalue weighted by molar-refractivity contribution is 6.74. The predicted octanol–water partition coefficient (Wildman–Crippen LogP) is 6.44. The summed E-state index contributed by atoms with van der Waals surface area (Å²) < 4.78 is 38.5. The van der Waals surface area contributed by atoms with Gasteiger partial charge in [-0.1, -0.05) is 32.9 Å². The summed E-state index contributed by atoms with van der Waals surface area (Å²) in [7, 11) is -1.97. The summed E-state index contributed by atoms with van der Waals surface area (Å²) in [5.41, 5.74) is 1.17. The van der Waals surface area contributed by atoms with E-state index in [4.69, 9.17) is 9.16 Å². The first-order valence-electron chi connectivity index (χ1n) is 9.46. The summed E-state index contributed by atoms with van der Waals surface area (Å²) in [5.74, 6) is -0.646. The van der Waals surface area contributed by atoms with Gasteiger partial charge in [-0.2, -0.15) is 0 Å². The number of ether oxygens (including phenoxy) is 1. The number of carbonyl (C=O) groups excluding carboxylic acids is 1. The van der Waals surface area contributed by atoms with Crippen molar-refractivity contribution in [2.24, 2.45) is 0 Å². The Morgan fingerprint density at radius 3 is 2.11 bits per heavy atom. The number of esters is 1. The minimum absolute atomic E-state index is 0.405. The summed E-state index contributed by atoms with van der Waals surface area (Å²) in [6.45, 7) is 7.72. The number of hydrogen-bond acceptors (Lipinski definition) is 3. The second-order valence-corrected chi connectivity index (χ2v) is 11.4. The van der Waals surface area contributed by atoms with E-state index in [2.05, 4.69) is 20.8 Å². The van der Waals surface area contributed by atoms with Crippen molar-refractivity contribution < 1.29 is 22.7 Å². The van der Waals surface area contributed by atoms with Crippen LogP contribution in [0.25, 0.3) is 12.2 Å². The van der Waals surface area contributed by atoms with Crippen LogP contribution in [0.3, 0.4) is 0 Å². The lowest BCUT2D eigenvalue weighted by atomic mass is 10.1. The average molecular weight is 405 g/mol. The van der Waals surface area contributed by atoms with Crippen LogP contribution in [-0.4, -0.2) is 14.3 Å². The fraction of sp³-hybridized carbons (Fsp3) is 0.318. The first-order chi connectivity index (χ1) is 13.3. The summed E-state index contributed by atoms with van der Waals surface area (Å²) >= 11 is 0. The molecule has 2 aromatic rings. The summed E-state index contributed by atoms with van der Waals surface area (Å²) in [6.07, 6.45) is 3.38. The highest BCUT2D eigenvalue weighted by Crippen LogP contribution is 2.32. The van der Waals surface area contributed by atoms with Crippen LogP contribution >= 0.6 is 0 Å². The second kappa shape index (κ2) is 9.64. The molecule has 0 atom stereocenters. The molecule has 0 fully saturated rings. The molecule has 0 heterocycles. The van der Waals surface area contributed by atoms with Crippen LogP contribution in [0.2, 0.25) is 18.1 Å². The molecule has 0 N–H and O–H groups in total. The normalized spacial score (nSPS) is 11.6. The zero-order valence-electron chi connectivity index (χ0n) is 16.7. The third-order valence-electron chi connectivity index (χ3n) is 4.85. The van der Waals surface area contributed by atoms with Gasteiger partial charge in [-0.3, -0.25) is 4.79 Å². The Kier molecular flexibility index (Phi) is 7.51. The molecular formula is C22H26F2O3Si. The monoisotopic (exact) mass is 404 g/mol. The highest BCUT2D eigenvalue weighted by Gasteiger charge is 2.31. The van der Waals surface area contributed by atoms with Crippen molar-refractivity contribution in [3.8, 4) is 11.5 Å². The summed E-state index contributed by atoms with van der Waals surface area (Å²) in [6, 6.07) is 11.4. The van der Waals surface area contributed by atoms with Crippen molar-refractivity contribution in [3.63, 3.8) is 0 Å². The lowest BCUT2D eigenvalue weighted by Crippen LogP contribution is -2.39. The molecule has 3 nitrogen and oxygen atoms in total. The summed E-state index contributed by atoms with van der Waals surface area (Å²) in [5, 5.41) is 0. The minimum Gasteiger partial charge on any atom is -0.543 e. The van der Waals surface area contributed by atoms with Crippen molar-refractivity contribution >= 4 is 26.4 Å². The molecular weight excluding hydrogens is 378 g/mol. The van der Waals surface area contributed by atoms with Gasteiger partial charge in [-0.05, 0) is 48.0 Å². The van der Waals surface area contributed by atoms with E-state index in [9.17, 15) is 13.6 Å². The van der Waals surface area contributed by atoms with E-state index >= 15 is 0 Å². The number of halogens is 2. The van der Waals surface area contributed by atoms with Crippen molar-refractivity contribution in [2.75, 3.05) is 0 Å². The van der Waals surface area contributed by atoms with Gasteiger partial charge in [0.2, 0.25) is 0 Å². The molecule has 2 rings (SSSR count). The van der Waals surface area contributed by atoms with E-state index in [1.165, 1.54) is 19.1 Å². The smallest absolute Gasteiger partial charge is 0.308 e. The maximum absolute atomic E-state index is 13.4. The Morgan fingerprint density at radius 2 is 1.57 bits per heavy atom. The van der Waals surface area contributed by atoms with Gasteiger partial charge in [-0.25, -0.2) is 8.78 Å². The van der Waals surface area contributed by atoms with Crippen LogP contribution in [0.1, 0.15) is 38.8 Å². The SMILES string of the molecule is CC[Si](CC)(CC)Oc1cc(OC(C)=O)ccc1C=Cc1cc(F)cc(F)c1. The second-order valence-electron chi connectivity index (χ2n) is 6.68. The maximum Gasteiger partial charge on any atom is 0.308 e. The third-order valence-corrected chi connectivity index (χ3v) is 9.37. The van der Waals surface area contributed by atoms with Crippen LogP contribution in [0.5, 0.6) is 11.5 Å². The molecule has 0 saturated heterocycles. The Bertz CT molecular complexity index is 832. The van der Waals surface area contributed by atoms with Crippen LogP contribution < -0.4 is 9.16 Å². The molecule has 150 valence electrons. The van der Waals surface area contributed by atoms with E-state index in [1.807, 2.05) is 0 Å². The van der Waals surface area contributed by atoms with E-state index < -0.39 is 25.9 Å². The van der Waals surface area contributed by atoms with Crippen molar-refractivity contribution in [3.05, 3.63) is 59.2 Å². The van der Waals surface area contributed by atoms with Crippen LogP contribution in [0, 0.1) is 11.6 Å². The first kappa shape index (κ1) is 21.8. The molecule has 0 amide bonds. The van der Waals surface area contributed by atoms with Gasteiger partial charge >= 0.3 is 5.97 Å². The van der Waals surface area contributed by atoms with Crippen LogP contribution in [0.15, 0.2) is 36.4 Å². The molecule has 2 aromatic carbocycles. The molecule has 6 heteroatoms. The Morgan fingerprint density at radius 1 is 0.964 bits per heavy atom. The Labute approximate surface area is 166 Å². The van der Waals surface area contributed by atoms with Crippen molar-refractivity contribution in [2.45, 2.75) is 45.8 Å². The zero-order valence-corrected chi connectivity index (χ0v) is 17.7. The number of benzene rings is 2. The third kappa shape index (κ3) is 5.76. The highest BCUT2D eigenvalue weighted by atomic mass is 28.4. The lowest BCUT2D eigenvalue weighted by molar-refractivity contribution is -0.131. The molecule has 0 aliphatic carbocycles. The van der Waals surface area contributed by atoms with Gasteiger partial charge in [0, 0.05) is 24.6 Å².